The van der Waals surface area contributed by atoms with Gasteiger partial charge in [0.05, 0.1) is 6.10 Å². The summed E-state index contributed by atoms with van der Waals surface area (Å²) in [6.07, 6.45) is 10.3. The SMILES string of the molecule is CC(=O)N[C@@H]1[C@H](C)C[C@H]2[C@@H]3CC=C4C[C@H](O)CC[C@]4(C)[C@@H]3CC[C@]12C. The molecule has 140 valence electrons. The van der Waals surface area contributed by atoms with E-state index < -0.39 is 0 Å². The van der Waals surface area contributed by atoms with Crippen LogP contribution < -0.4 is 5.32 Å². The number of aliphatic hydroxyl groups is 1. The summed E-state index contributed by atoms with van der Waals surface area (Å²) in [6.45, 7) is 8.93. The topological polar surface area (TPSA) is 49.3 Å². The van der Waals surface area contributed by atoms with Crippen LogP contribution in [-0.2, 0) is 4.79 Å². The Bertz CT molecular complexity index is 599. The van der Waals surface area contributed by atoms with E-state index in [0.29, 0.717) is 17.4 Å². The maximum Gasteiger partial charge on any atom is 0.217 e. The summed E-state index contributed by atoms with van der Waals surface area (Å²) < 4.78 is 0. The molecule has 0 aromatic rings. The van der Waals surface area contributed by atoms with Crippen molar-refractivity contribution in [2.75, 3.05) is 0 Å². The minimum atomic E-state index is -0.125. The molecule has 0 heterocycles. The first-order valence-electron chi connectivity index (χ1n) is 10.4. The van der Waals surface area contributed by atoms with Crippen molar-refractivity contribution in [3.63, 3.8) is 0 Å². The van der Waals surface area contributed by atoms with Crippen LogP contribution in [0.2, 0.25) is 0 Å². The Morgan fingerprint density at radius 3 is 2.72 bits per heavy atom. The second kappa shape index (κ2) is 5.84. The van der Waals surface area contributed by atoms with Gasteiger partial charge in [0.25, 0.3) is 0 Å². The Morgan fingerprint density at radius 2 is 2.00 bits per heavy atom. The molecule has 0 radical (unpaired) electrons. The van der Waals surface area contributed by atoms with E-state index in [2.05, 4.69) is 32.2 Å². The summed E-state index contributed by atoms with van der Waals surface area (Å²) in [5.74, 6) is 2.94. The highest BCUT2D eigenvalue weighted by atomic mass is 16.3. The molecule has 4 aliphatic carbocycles. The van der Waals surface area contributed by atoms with Crippen LogP contribution in [0.25, 0.3) is 0 Å². The molecular formula is C22H35NO2. The molecular weight excluding hydrogens is 310 g/mol. The molecule has 0 aromatic heterocycles. The molecule has 0 aliphatic heterocycles. The van der Waals surface area contributed by atoms with Crippen molar-refractivity contribution in [3.8, 4) is 0 Å². The third kappa shape index (κ3) is 2.52. The summed E-state index contributed by atoms with van der Waals surface area (Å²) >= 11 is 0. The first kappa shape index (κ1) is 17.6. The minimum absolute atomic E-state index is 0.125. The van der Waals surface area contributed by atoms with Crippen LogP contribution in [0.15, 0.2) is 11.6 Å². The summed E-state index contributed by atoms with van der Waals surface area (Å²) in [5, 5.41) is 13.4. The molecule has 3 heteroatoms. The zero-order valence-corrected chi connectivity index (χ0v) is 16.3. The van der Waals surface area contributed by atoms with Crippen molar-refractivity contribution in [2.45, 2.75) is 84.8 Å². The first-order chi connectivity index (χ1) is 11.8. The van der Waals surface area contributed by atoms with Crippen LogP contribution in [0.3, 0.4) is 0 Å². The molecule has 0 bridgehead atoms. The quantitative estimate of drug-likeness (QED) is 0.704. The third-order valence-electron chi connectivity index (χ3n) is 8.78. The molecule has 0 saturated heterocycles. The molecule has 4 aliphatic rings. The fourth-order valence-corrected chi connectivity index (χ4v) is 7.53. The third-order valence-corrected chi connectivity index (χ3v) is 8.78. The largest absolute Gasteiger partial charge is 0.393 e. The number of hydrogen-bond donors (Lipinski definition) is 2. The lowest BCUT2D eigenvalue weighted by atomic mass is 9.48. The summed E-state index contributed by atoms with van der Waals surface area (Å²) in [5.41, 5.74) is 2.10. The van der Waals surface area contributed by atoms with Gasteiger partial charge in [-0.1, -0.05) is 32.4 Å². The number of rotatable bonds is 1. The molecule has 3 nitrogen and oxygen atoms in total. The summed E-state index contributed by atoms with van der Waals surface area (Å²) in [4.78, 5) is 11.8. The Hall–Kier alpha value is -0.830. The lowest BCUT2D eigenvalue weighted by Gasteiger charge is -2.58. The molecule has 25 heavy (non-hydrogen) atoms. The van der Waals surface area contributed by atoms with Crippen LogP contribution in [0.4, 0.5) is 0 Å². The van der Waals surface area contributed by atoms with E-state index in [9.17, 15) is 9.90 Å². The fourth-order valence-electron chi connectivity index (χ4n) is 7.53. The van der Waals surface area contributed by atoms with Crippen molar-refractivity contribution < 1.29 is 9.90 Å². The van der Waals surface area contributed by atoms with E-state index in [0.717, 1.165) is 37.0 Å². The van der Waals surface area contributed by atoms with Gasteiger partial charge >= 0.3 is 0 Å². The molecule has 1 amide bonds. The molecule has 4 rings (SSSR count). The highest BCUT2D eigenvalue weighted by molar-refractivity contribution is 5.73. The second-order valence-corrected chi connectivity index (χ2v) is 10.1. The van der Waals surface area contributed by atoms with Crippen molar-refractivity contribution in [2.24, 2.45) is 34.5 Å². The predicted molar refractivity (Wildman–Crippen MR) is 99.9 cm³/mol. The molecule has 0 unspecified atom stereocenters. The lowest BCUT2D eigenvalue weighted by Crippen LogP contribution is -2.54. The molecule has 3 fully saturated rings. The number of carbonyl (C=O) groups excluding carboxylic acids is 1. The van der Waals surface area contributed by atoms with E-state index >= 15 is 0 Å². The molecule has 0 aromatic carbocycles. The van der Waals surface area contributed by atoms with Crippen LogP contribution >= 0.6 is 0 Å². The van der Waals surface area contributed by atoms with Crippen LogP contribution in [0.1, 0.15) is 72.6 Å². The van der Waals surface area contributed by atoms with Gasteiger partial charge in [0, 0.05) is 13.0 Å². The highest BCUT2D eigenvalue weighted by Crippen LogP contribution is 2.65. The lowest BCUT2D eigenvalue weighted by molar-refractivity contribution is -0.121. The van der Waals surface area contributed by atoms with Crippen LogP contribution in [-0.4, -0.2) is 23.2 Å². The van der Waals surface area contributed by atoms with Gasteiger partial charge in [-0.05, 0) is 79.4 Å². The average Bonchev–Trinajstić information content (AvgIpc) is 2.79. The monoisotopic (exact) mass is 345 g/mol. The van der Waals surface area contributed by atoms with E-state index in [1.54, 1.807) is 12.5 Å². The Morgan fingerprint density at radius 1 is 1.24 bits per heavy atom. The number of carbonyl (C=O) groups is 1. The van der Waals surface area contributed by atoms with E-state index in [4.69, 9.17) is 0 Å². The standard InChI is InChI=1S/C22H35NO2/c1-13-11-19-17-6-5-15-12-16(25)7-9-21(15,3)18(17)8-10-22(19,4)20(13)23-14(2)24/h5,13,16-20,25H,6-12H2,1-4H3,(H,23,24)/t13-,16-,17-,18-,19+,20-,21+,22+/m1/s1. The van der Waals surface area contributed by atoms with Gasteiger partial charge in [0.2, 0.25) is 5.91 Å². The van der Waals surface area contributed by atoms with Gasteiger partial charge in [-0.15, -0.1) is 0 Å². The fraction of sp³-hybridized carbons (Fsp3) is 0.864. The van der Waals surface area contributed by atoms with Crippen molar-refractivity contribution in [3.05, 3.63) is 11.6 Å². The zero-order chi connectivity index (χ0) is 18.0. The van der Waals surface area contributed by atoms with Gasteiger partial charge in [0.15, 0.2) is 0 Å². The Labute approximate surface area is 152 Å². The summed E-state index contributed by atoms with van der Waals surface area (Å²) in [6, 6.07) is 0.335. The maximum atomic E-state index is 11.8. The van der Waals surface area contributed by atoms with Gasteiger partial charge in [-0.25, -0.2) is 0 Å². The van der Waals surface area contributed by atoms with E-state index in [1.807, 2.05) is 0 Å². The minimum Gasteiger partial charge on any atom is -0.393 e. The van der Waals surface area contributed by atoms with Gasteiger partial charge < -0.3 is 10.4 Å². The van der Waals surface area contributed by atoms with Crippen molar-refractivity contribution in [1.82, 2.24) is 5.32 Å². The number of nitrogens with one attached hydrogen (secondary N) is 1. The Balaban J connectivity index is 1.64. The smallest absolute Gasteiger partial charge is 0.217 e. The number of allylic oxidation sites excluding steroid dienone is 1. The normalized spacial score (nSPS) is 51.8. The molecule has 8 atom stereocenters. The van der Waals surface area contributed by atoms with Gasteiger partial charge in [0.1, 0.15) is 0 Å². The number of hydrogen-bond acceptors (Lipinski definition) is 2. The van der Waals surface area contributed by atoms with E-state index in [1.165, 1.54) is 25.7 Å². The van der Waals surface area contributed by atoms with E-state index in [-0.39, 0.29) is 17.4 Å². The van der Waals surface area contributed by atoms with Crippen molar-refractivity contribution >= 4 is 5.91 Å². The highest BCUT2D eigenvalue weighted by Gasteiger charge is 2.60. The average molecular weight is 346 g/mol. The number of aliphatic hydroxyl groups excluding tert-OH is 1. The Kier molecular flexibility index (Phi) is 4.10. The van der Waals surface area contributed by atoms with Crippen LogP contribution in [0, 0.1) is 34.5 Å². The first-order valence-corrected chi connectivity index (χ1v) is 10.4. The van der Waals surface area contributed by atoms with Crippen molar-refractivity contribution in [1.29, 1.82) is 0 Å². The maximum absolute atomic E-state index is 11.8. The molecule has 3 saturated carbocycles. The summed E-state index contributed by atoms with van der Waals surface area (Å²) in [7, 11) is 0. The van der Waals surface area contributed by atoms with Gasteiger partial charge in [-0.3, -0.25) is 4.79 Å². The van der Waals surface area contributed by atoms with Crippen LogP contribution in [0.5, 0.6) is 0 Å². The number of amides is 1. The zero-order valence-electron chi connectivity index (χ0n) is 16.3. The second-order valence-electron chi connectivity index (χ2n) is 10.1. The predicted octanol–water partition coefficient (Wildman–Crippen LogP) is 4.06. The molecule has 2 N–H and O–H groups in total. The van der Waals surface area contributed by atoms with Gasteiger partial charge in [-0.2, -0.15) is 0 Å². The number of fused-ring (bicyclic) bond motifs is 5. The molecule has 0 spiro atoms.